The Kier molecular flexibility index (Phi) is 5.71. The molecule has 1 aliphatic rings. The number of ether oxygens (including phenoxy) is 1. The van der Waals surface area contributed by atoms with E-state index in [0.29, 0.717) is 25.3 Å². The van der Waals surface area contributed by atoms with Gasteiger partial charge in [0.05, 0.1) is 12.3 Å². The Morgan fingerprint density at radius 3 is 2.33 bits per heavy atom. The standard InChI is InChI=1S/C16H19N3O3S.ClH/c17-13-4-1-11(2-5-13)12-3-6-15(18)16(9-12)23(20,21)19-14-7-8-22-10-14;/h1-6,9,14,19H,7-8,10,17-18H2;1H/t14-;/m0./s1. The molecular formula is C16H20ClN3O3S. The monoisotopic (exact) mass is 369 g/mol. The third-order valence-electron chi connectivity index (χ3n) is 3.80. The fourth-order valence-electron chi connectivity index (χ4n) is 2.53. The van der Waals surface area contributed by atoms with Crippen LogP contribution < -0.4 is 16.2 Å². The number of anilines is 2. The van der Waals surface area contributed by atoms with Crippen LogP contribution in [0.3, 0.4) is 0 Å². The van der Waals surface area contributed by atoms with Crippen molar-refractivity contribution in [1.29, 1.82) is 0 Å². The maximum absolute atomic E-state index is 12.6. The summed E-state index contributed by atoms with van der Waals surface area (Å²) < 4.78 is 33.0. The Morgan fingerprint density at radius 1 is 1.04 bits per heavy atom. The van der Waals surface area contributed by atoms with Gasteiger partial charge in [-0.2, -0.15) is 0 Å². The summed E-state index contributed by atoms with van der Waals surface area (Å²) in [5.41, 5.74) is 14.1. The number of rotatable bonds is 4. The van der Waals surface area contributed by atoms with E-state index in [9.17, 15) is 8.42 Å². The molecule has 5 N–H and O–H groups in total. The van der Waals surface area contributed by atoms with Gasteiger partial charge in [-0.15, -0.1) is 12.4 Å². The molecule has 1 saturated heterocycles. The number of nitrogens with two attached hydrogens (primary N) is 2. The maximum atomic E-state index is 12.6. The Hall–Kier alpha value is -1.80. The number of benzene rings is 2. The van der Waals surface area contributed by atoms with Crippen molar-refractivity contribution in [2.24, 2.45) is 0 Å². The number of nitrogens with one attached hydrogen (secondary N) is 1. The summed E-state index contributed by atoms with van der Waals surface area (Å²) >= 11 is 0. The largest absolute Gasteiger partial charge is 0.399 e. The molecule has 2 aromatic rings. The maximum Gasteiger partial charge on any atom is 0.242 e. The molecule has 130 valence electrons. The number of sulfonamides is 1. The Labute approximate surface area is 147 Å². The lowest BCUT2D eigenvalue weighted by Gasteiger charge is -2.14. The molecule has 0 radical (unpaired) electrons. The highest BCUT2D eigenvalue weighted by atomic mass is 35.5. The molecule has 6 nitrogen and oxygen atoms in total. The summed E-state index contributed by atoms with van der Waals surface area (Å²) in [6, 6.07) is 12.0. The van der Waals surface area contributed by atoms with Gasteiger partial charge in [-0.1, -0.05) is 18.2 Å². The van der Waals surface area contributed by atoms with Crippen LogP contribution in [0.2, 0.25) is 0 Å². The van der Waals surface area contributed by atoms with Gasteiger partial charge in [-0.3, -0.25) is 0 Å². The van der Waals surface area contributed by atoms with Crippen molar-refractivity contribution in [3.63, 3.8) is 0 Å². The molecule has 1 fully saturated rings. The topological polar surface area (TPSA) is 107 Å². The molecule has 1 atom stereocenters. The molecule has 8 heteroatoms. The van der Waals surface area contributed by atoms with Crippen LogP contribution in [0.25, 0.3) is 11.1 Å². The zero-order chi connectivity index (χ0) is 16.4. The quantitative estimate of drug-likeness (QED) is 0.714. The lowest BCUT2D eigenvalue weighted by molar-refractivity contribution is 0.192. The number of hydrogen-bond donors (Lipinski definition) is 3. The predicted molar refractivity (Wildman–Crippen MR) is 97.5 cm³/mol. The van der Waals surface area contributed by atoms with Crippen molar-refractivity contribution in [2.75, 3.05) is 24.7 Å². The fraction of sp³-hybridized carbons (Fsp3) is 0.250. The zero-order valence-corrected chi connectivity index (χ0v) is 14.6. The summed E-state index contributed by atoms with van der Waals surface area (Å²) in [5.74, 6) is 0. The van der Waals surface area contributed by atoms with E-state index < -0.39 is 10.0 Å². The normalized spacial score (nSPS) is 17.4. The predicted octanol–water partition coefficient (Wildman–Crippen LogP) is 2.01. The first kappa shape index (κ1) is 18.5. The molecule has 1 heterocycles. The molecule has 0 amide bonds. The zero-order valence-electron chi connectivity index (χ0n) is 12.9. The molecule has 24 heavy (non-hydrogen) atoms. The van der Waals surface area contributed by atoms with Crippen molar-refractivity contribution < 1.29 is 13.2 Å². The SMILES string of the molecule is Cl.Nc1ccc(-c2ccc(N)c(S(=O)(=O)N[C@H]3CCOC3)c2)cc1. The molecule has 3 rings (SSSR count). The van der Waals surface area contributed by atoms with Crippen molar-refractivity contribution in [1.82, 2.24) is 4.72 Å². The van der Waals surface area contributed by atoms with Crippen LogP contribution >= 0.6 is 12.4 Å². The first-order chi connectivity index (χ1) is 11.0. The van der Waals surface area contributed by atoms with Crippen molar-refractivity contribution in [2.45, 2.75) is 17.4 Å². The molecule has 0 bridgehead atoms. The number of halogens is 1. The lowest BCUT2D eigenvalue weighted by atomic mass is 10.1. The van der Waals surface area contributed by atoms with E-state index in [-0.39, 0.29) is 29.0 Å². The minimum Gasteiger partial charge on any atom is -0.399 e. The van der Waals surface area contributed by atoms with Crippen molar-refractivity contribution >= 4 is 33.8 Å². The number of nitrogen functional groups attached to an aromatic ring is 2. The molecular weight excluding hydrogens is 350 g/mol. The van der Waals surface area contributed by atoms with Crippen LogP contribution in [-0.2, 0) is 14.8 Å². The van der Waals surface area contributed by atoms with Crippen LogP contribution in [0.5, 0.6) is 0 Å². The van der Waals surface area contributed by atoms with Crippen LogP contribution in [0, 0.1) is 0 Å². The lowest BCUT2D eigenvalue weighted by Crippen LogP contribution is -2.35. The Bertz CT molecular complexity index is 804. The summed E-state index contributed by atoms with van der Waals surface area (Å²) in [4.78, 5) is 0.0822. The van der Waals surface area contributed by atoms with Gasteiger partial charge in [0.2, 0.25) is 10.0 Å². The molecule has 0 aromatic heterocycles. The molecule has 2 aromatic carbocycles. The highest BCUT2D eigenvalue weighted by Gasteiger charge is 2.25. The third-order valence-corrected chi connectivity index (χ3v) is 5.37. The highest BCUT2D eigenvalue weighted by Crippen LogP contribution is 2.27. The van der Waals surface area contributed by atoms with E-state index in [2.05, 4.69) is 4.72 Å². The average molecular weight is 370 g/mol. The van der Waals surface area contributed by atoms with Gasteiger partial charge in [-0.05, 0) is 41.8 Å². The van der Waals surface area contributed by atoms with E-state index in [1.165, 1.54) is 0 Å². The summed E-state index contributed by atoms with van der Waals surface area (Å²) in [6.45, 7) is 0.949. The number of hydrogen-bond acceptors (Lipinski definition) is 5. The first-order valence-electron chi connectivity index (χ1n) is 7.31. The van der Waals surface area contributed by atoms with Crippen molar-refractivity contribution in [3.05, 3.63) is 42.5 Å². The smallest absolute Gasteiger partial charge is 0.242 e. The first-order valence-corrected chi connectivity index (χ1v) is 8.79. The van der Waals surface area contributed by atoms with Gasteiger partial charge >= 0.3 is 0 Å². The van der Waals surface area contributed by atoms with E-state index >= 15 is 0 Å². The second kappa shape index (κ2) is 7.40. The molecule has 1 aliphatic heterocycles. The van der Waals surface area contributed by atoms with Crippen LogP contribution in [0.1, 0.15) is 6.42 Å². The van der Waals surface area contributed by atoms with Gasteiger partial charge in [-0.25, -0.2) is 13.1 Å². The highest BCUT2D eigenvalue weighted by molar-refractivity contribution is 7.89. The van der Waals surface area contributed by atoms with E-state index in [0.717, 1.165) is 11.1 Å². The molecule has 0 aliphatic carbocycles. The van der Waals surface area contributed by atoms with Gasteiger partial charge in [0.25, 0.3) is 0 Å². The van der Waals surface area contributed by atoms with E-state index in [1.807, 2.05) is 12.1 Å². The Balaban J connectivity index is 0.00000208. The van der Waals surface area contributed by atoms with Gasteiger partial charge in [0, 0.05) is 18.3 Å². The average Bonchev–Trinajstić information content (AvgIpc) is 3.00. The van der Waals surface area contributed by atoms with Gasteiger partial charge in [0.1, 0.15) is 4.90 Å². The van der Waals surface area contributed by atoms with Crippen LogP contribution in [0.15, 0.2) is 47.4 Å². The Morgan fingerprint density at radius 2 is 1.71 bits per heavy atom. The second-order valence-corrected chi connectivity index (χ2v) is 7.24. The van der Waals surface area contributed by atoms with Gasteiger partial charge < -0.3 is 16.2 Å². The van der Waals surface area contributed by atoms with Gasteiger partial charge in [0.15, 0.2) is 0 Å². The fourth-order valence-corrected chi connectivity index (χ4v) is 3.94. The summed E-state index contributed by atoms with van der Waals surface area (Å²) in [7, 11) is -3.69. The second-order valence-electron chi connectivity index (χ2n) is 5.56. The summed E-state index contributed by atoms with van der Waals surface area (Å²) in [6.07, 6.45) is 0.663. The molecule has 0 saturated carbocycles. The van der Waals surface area contributed by atoms with E-state index in [4.69, 9.17) is 16.2 Å². The summed E-state index contributed by atoms with van der Waals surface area (Å²) in [5, 5.41) is 0. The molecule has 0 unspecified atom stereocenters. The van der Waals surface area contributed by atoms with Crippen LogP contribution in [-0.4, -0.2) is 27.7 Å². The van der Waals surface area contributed by atoms with Crippen LogP contribution in [0.4, 0.5) is 11.4 Å². The minimum absolute atomic E-state index is 0. The van der Waals surface area contributed by atoms with E-state index in [1.54, 1.807) is 30.3 Å². The van der Waals surface area contributed by atoms with Crippen molar-refractivity contribution in [3.8, 4) is 11.1 Å². The molecule has 0 spiro atoms. The minimum atomic E-state index is -3.69. The third kappa shape index (κ3) is 3.99.